The van der Waals surface area contributed by atoms with Gasteiger partial charge < -0.3 is 20.8 Å². The molecule has 0 saturated carbocycles. The Bertz CT molecular complexity index is 1510. The number of hydrogen-bond acceptors (Lipinski definition) is 6. The van der Waals surface area contributed by atoms with Crippen molar-refractivity contribution in [2.75, 3.05) is 0 Å². The third kappa shape index (κ3) is 4.87. The van der Waals surface area contributed by atoms with Crippen LogP contribution in [-0.2, 0) is 18.8 Å². The van der Waals surface area contributed by atoms with Gasteiger partial charge in [0.1, 0.15) is 17.1 Å². The lowest BCUT2D eigenvalue weighted by molar-refractivity contribution is -0.137. The number of nitrogens with two attached hydrogens (primary N) is 2. The highest BCUT2D eigenvalue weighted by Gasteiger charge is 2.36. The highest BCUT2D eigenvalue weighted by atomic mass is 19.4. The normalized spacial score (nSPS) is 11.9. The van der Waals surface area contributed by atoms with Crippen molar-refractivity contribution in [1.29, 1.82) is 0 Å². The topological polar surface area (TPSA) is 144 Å². The van der Waals surface area contributed by atoms with Gasteiger partial charge in [0.05, 0.1) is 5.56 Å². The van der Waals surface area contributed by atoms with Gasteiger partial charge in [0.25, 0.3) is 5.91 Å². The number of halogens is 3. The Morgan fingerprint density at radius 3 is 2.30 bits per heavy atom. The molecular formula is C24H22F3N7O3. The van der Waals surface area contributed by atoms with Crippen molar-refractivity contribution in [1.82, 2.24) is 24.5 Å². The third-order valence-electron chi connectivity index (χ3n) is 5.58. The second-order valence-electron chi connectivity index (χ2n) is 8.62. The van der Waals surface area contributed by atoms with Gasteiger partial charge in [-0.3, -0.25) is 9.59 Å². The maximum atomic E-state index is 13.6. The maximum Gasteiger partial charge on any atom is 0.417 e. The van der Waals surface area contributed by atoms with Crippen molar-refractivity contribution in [2.45, 2.75) is 25.6 Å². The molecule has 0 spiro atoms. The van der Waals surface area contributed by atoms with Gasteiger partial charge in [-0.05, 0) is 44.2 Å². The minimum Gasteiger partial charge on any atom is -0.478 e. The van der Waals surface area contributed by atoms with Crippen LogP contribution in [0.15, 0.2) is 54.7 Å². The SMILES string of the molecule is Cn1c(-c2ccccc2C(F)(F)F)nnc1C(C)(C)Oc1ccc(C(N)=O)cc1-n1ccc(C(N)=O)n1. The molecule has 2 amide bonds. The molecule has 0 unspecified atom stereocenters. The summed E-state index contributed by atoms with van der Waals surface area (Å²) < 4.78 is 49.7. The highest BCUT2D eigenvalue weighted by Crippen LogP contribution is 2.38. The number of ether oxygens (including phenoxy) is 1. The summed E-state index contributed by atoms with van der Waals surface area (Å²) in [6.07, 6.45) is -3.13. The molecule has 0 radical (unpaired) electrons. The van der Waals surface area contributed by atoms with Crippen molar-refractivity contribution < 1.29 is 27.5 Å². The van der Waals surface area contributed by atoms with Crippen molar-refractivity contribution >= 4 is 11.8 Å². The summed E-state index contributed by atoms with van der Waals surface area (Å²) in [6, 6.07) is 10.8. The highest BCUT2D eigenvalue weighted by molar-refractivity contribution is 5.94. The molecule has 13 heteroatoms. The molecule has 2 aromatic carbocycles. The minimum atomic E-state index is -4.58. The quantitative estimate of drug-likeness (QED) is 0.388. The summed E-state index contributed by atoms with van der Waals surface area (Å²) in [5, 5.41) is 12.2. The van der Waals surface area contributed by atoms with Crippen LogP contribution >= 0.6 is 0 Å². The van der Waals surface area contributed by atoms with Gasteiger partial charge in [0.15, 0.2) is 17.2 Å². The number of alkyl halides is 3. The summed E-state index contributed by atoms with van der Waals surface area (Å²) >= 11 is 0. The van der Waals surface area contributed by atoms with E-state index in [2.05, 4.69) is 15.3 Å². The van der Waals surface area contributed by atoms with Crippen LogP contribution in [0.2, 0.25) is 0 Å². The average molecular weight is 513 g/mol. The summed E-state index contributed by atoms with van der Waals surface area (Å²) in [7, 11) is 1.53. The molecule has 0 fully saturated rings. The first-order valence-corrected chi connectivity index (χ1v) is 10.8. The lowest BCUT2D eigenvalue weighted by Crippen LogP contribution is -2.30. The summed E-state index contributed by atoms with van der Waals surface area (Å²) in [5.41, 5.74) is 8.91. The van der Waals surface area contributed by atoms with Crippen molar-refractivity contribution in [3.8, 4) is 22.8 Å². The Morgan fingerprint density at radius 1 is 0.973 bits per heavy atom. The second kappa shape index (κ2) is 9.08. The van der Waals surface area contributed by atoms with Gasteiger partial charge in [-0.15, -0.1) is 10.2 Å². The van der Waals surface area contributed by atoms with Crippen LogP contribution < -0.4 is 16.2 Å². The van der Waals surface area contributed by atoms with Crippen molar-refractivity contribution in [3.05, 3.63) is 77.4 Å². The number of amides is 2. The van der Waals surface area contributed by atoms with E-state index in [0.717, 1.165) is 6.07 Å². The summed E-state index contributed by atoms with van der Waals surface area (Å²) in [4.78, 5) is 23.3. The van der Waals surface area contributed by atoms with Gasteiger partial charge in [0, 0.05) is 24.4 Å². The fraction of sp³-hybridized carbons (Fsp3) is 0.208. The Hall–Kier alpha value is -4.68. The number of primary amides is 2. The third-order valence-corrected chi connectivity index (χ3v) is 5.58. The lowest BCUT2D eigenvalue weighted by Gasteiger charge is -2.27. The van der Waals surface area contributed by atoms with Crippen molar-refractivity contribution in [3.63, 3.8) is 0 Å². The Kier molecular flexibility index (Phi) is 6.23. The average Bonchev–Trinajstić information content (AvgIpc) is 3.46. The molecule has 37 heavy (non-hydrogen) atoms. The van der Waals surface area contributed by atoms with Crippen LogP contribution in [-0.4, -0.2) is 36.4 Å². The van der Waals surface area contributed by atoms with Gasteiger partial charge in [-0.1, -0.05) is 18.2 Å². The molecular weight excluding hydrogens is 491 g/mol. The van der Waals surface area contributed by atoms with Gasteiger partial charge >= 0.3 is 6.18 Å². The minimum absolute atomic E-state index is 0.00192. The molecule has 192 valence electrons. The molecule has 0 aliphatic heterocycles. The fourth-order valence-corrected chi connectivity index (χ4v) is 3.86. The van der Waals surface area contributed by atoms with E-state index < -0.39 is 29.2 Å². The van der Waals surface area contributed by atoms with E-state index in [4.69, 9.17) is 16.2 Å². The number of hydrogen-bond donors (Lipinski definition) is 2. The van der Waals surface area contributed by atoms with Crippen LogP contribution in [0.25, 0.3) is 17.1 Å². The molecule has 2 aromatic heterocycles. The first-order valence-electron chi connectivity index (χ1n) is 10.8. The van der Waals surface area contributed by atoms with E-state index in [-0.39, 0.29) is 39.9 Å². The monoisotopic (exact) mass is 513 g/mol. The molecule has 0 bridgehead atoms. The standard InChI is InChI=1S/C24H22F3N7O3/c1-23(2,22-31-30-21(33(22)3)14-6-4-5-7-15(14)24(25,26)27)37-18-9-8-13(19(28)35)12-17(18)34-11-10-16(32-34)20(29)36/h4-12H,1-3H3,(H2,28,35)(H2,29,36). The lowest BCUT2D eigenvalue weighted by atomic mass is 10.1. The van der Waals surface area contributed by atoms with E-state index in [9.17, 15) is 22.8 Å². The molecule has 0 atom stereocenters. The molecule has 0 aliphatic carbocycles. The largest absolute Gasteiger partial charge is 0.478 e. The van der Waals surface area contributed by atoms with E-state index >= 15 is 0 Å². The molecule has 4 rings (SSSR count). The van der Waals surface area contributed by atoms with Crippen LogP contribution in [0, 0.1) is 0 Å². The Balaban J connectivity index is 1.76. The first-order chi connectivity index (χ1) is 17.3. The van der Waals surface area contributed by atoms with E-state index in [0.29, 0.717) is 0 Å². The molecule has 0 aliphatic rings. The first kappa shape index (κ1) is 25.4. The van der Waals surface area contributed by atoms with Crippen LogP contribution in [0.4, 0.5) is 13.2 Å². The number of benzene rings is 2. The number of carbonyl (C=O) groups excluding carboxylic acids is 2. The zero-order chi connectivity index (χ0) is 27.1. The smallest absolute Gasteiger partial charge is 0.417 e. The van der Waals surface area contributed by atoms with E-state index in [1.807, 2.05) is 0 Å². The fourth-order valence-electron chi connectivity index (χ4n) is 3.86. The predicted molar refractivity (Wildman–Crippen MR) is 126 cm³/mol. The predicted octanol–water partition coefficient (Wildman–Crippen LogP) is 3.20. The number of nitrogens with zero attached hydrogens (tertiary/aromatic N) is 5. The van der Waals surface area contributed by atoms with Crippen LogP contribution in [0.5, 0.6) is 5.75 Å². The zero-order valence-electron chi connectivity index (χ0n) is 19.9. The summed E-state index contributed by atoms with van der Waals surface area (Å²) in [6.45, 7) is 3.31. The van der Waals surface area contributed by atoms with E-state index in [1.165, 1.54) is 65.0 Å². The number of carbonyl (C=O) groups is 2. The molecule has 0 saturated heterocycles. The summed E-state index contributed by atoms with van der Waals surface area (Å²) in [5.74, 6) is -1.01. The number of rotatable bonds is 7. The maximum absolute atomic E-state index is 13.6. The Labute approximate surface area is 208 Å². The Morgan fingerprint density at radius 2 is 1.68 bits per heavy atom. The van der Waals surface area contributed by atoms with Crippen LogP contribution in [0.3, 0.4) is 0 Å². The van der Waals surface area contributed by atoms with Gasteiger partial charge in [-0.2, -0.15) is 18.3 Å². The van der Waals surface area contributed by atoms with Crippen LogP contribution in [0.1, 0.15) is 46.1 Å². The molecule has 4 aromatic rings. The van der Waals surface area contributed by atoms with Crippen molar-refractivity contribution in [2.24, 2.45) is 18.5 Å². The van der Waals surface area contributed by atoms with Gasteiger partial charge in [0.2, 0.25) is 5.91 Å². The van der Waals surface area contributed by atoms with E-state index in [1.54, 1.807) is 13.8 Å². The molecule has 4 N–H and O–H groups in total. The molecule has 10 nitrogen and oxygen atoms in total. The zero-order valence-corrected chi connectivity index (χ0v) is 19.9. The molecule has 2 heterocycles. The number of aromatic nitrogens is 5. The second-order valence-corrected chi connectivity index (χ2v) is 8.62. The van der Waals surface area contributed by atoms with Gasteiger partial charge in [-0.25, -0.2) is 4.68 Å².